The number of aromatic nitrogens is 1. The summed E-state index contributed by atoms with van der Waals surface area (Å²) < 4.78 is 0. The first-order valence-electron chi connectivity index (χ1n) is 7.54. The van der Waals surface area contributed by atoms with E-state index in [1.54, 1.807) is 11.3 Å². The summed E-state index contributed by atoms with van der Waals surface area (Å²) in [5.74, 6) is 0. The predicted octanol–water partition coefficient (Wildman–Crippen LogP) is 5.75. The normalized spacial score (nSPS) is 11.6. The van der Waals surface area contributed by atoms with Gasteiger partial charge in [-0.15, -0.1) is 10.2 Å². The van der Waals surface area contributed by atoms with Crippen LogP contribution in [0.1, 0.15) is 31.3 Å². The molecule has 0 spiro atoms. The molecule has 0 N–H and O–H groups in total. The van der Waals surface area contributed by atoms with Crippen LogP contribution in [-0.2, 0) is 0 Å². The van der Waals surface area contributed by atoms with Crippen LogP contribution in [0.5, 0.6) is 0 Å². The molecule has 0 saturated heterocycles. The average Bonchev–Trinajstić information content (AvgIpc) is 2.88. The van der Waals surface area contributed by atoms with Gasteiger partial charge < -0.3 is 4.90 Å². The van der Waals surface area contributed by atoms with Crippen LogP contribution < -0.4 is 4.90 Å². The van der Waals surface area contributed by atoms with Gasteiger partial charge in [-0.2, -0.15) is 0 Å². The van der Waals surface area contributed by atoms with Crippen molar-refractivity contribution < 1.29 is 0 Å². The Labute approximate surface area is 136 Å². The molecule has 0 aliphatic rings. The van der Waals surface area contributed by atoms with Gasteiger partial charge in [0.05, 0.1) is 16.3 Å². The summed E-state index contributed by atoms with van der Waals surface area (Å²) in [4.78, 5) is 7.85. The second kappa shape index (κ2) is 7.84. The van der Waals surface area contributed by atoms with E-state index in [1.807, 2.05) is 38.1 Å². The third kappa shape index (κ3) is 4.01. The fourth-order valence-electron chi connectivity index (χ4n) is 2.16. The third-order valence-corrected chi connectivity index (χ3v) is 4.38. The zero-order chi connectivity index (χ0) is 15.9. The number of nitrogens with zero attached hydrogens (tertiary/aromatic N) is 4. The molecule has 0 bridgehead atoms. The summed E-state index contributed by atoms with van der Waals surface area (Å²) >= 11 is 1.55. The van der Waals surface area contributed by atoms with Crippen molar-refractivity contribution in [1.82, 2.24) is 4.98 Å². The second-order valence-corrected chi connectivity index (χ2v) is 5.84. The molecule has 0 saturated carbocycles. The van der Waals surface area contributed by atoms with Gasteiger partial charge in [0.25, 0.3) is 0 Å². The molecule has 0 fully saturated rings. The van der Waals surface area contributed by atoms with Crippen LogP contribution in [0.15, 0.2) is 40.6 Å². The standard InChI is InChI=1S/C17H22N4S/c1-5-8-16-13(4)18-17(22-16)20-19-14-9-11-15(12-10-14)21(6-2)7-3/h5,8-12H,6-7H2,1-4H3. The number of allylic oxidation sites excluding steroid dienone is 1. The number of hydrogen-bond acceptors (Lipinski definition) is 5. The summed E-state index contributed by atoms with van der Waals surface area (Å²) in [6.07, 6.45) is 4.05. The molecule has 5 heteroatoms. The molecule has 0 aliphatic carbocycles. The van der Waals surface area contributed by atoms with Crippen LogP contribution >= 0.6 is 11.3 Å². The molecule has 116 valence electrons. The van der Waals surface area contributed by atoms with Crippen molar-refractivity contribution in [3.8, 4) is 0 Å². The molecular weight excluding hydrogens is 292 g/mol. The maximum atomic E-state index is 4.42. The minimum absolute atomic E-state index is 0.693. The zero-order valence-corrected chi connectivity index (χ0v) is 14.4. The SMILES string of the molecule is CC=Cc1sc(N=Nc2ccc(N(CC)CC)cc2)nc1C. The lowest BCUT2D eigenvalue weighted by atomic mass is 10.2. The van der Waals surface area contributed by atoms with Crippen molar-refractivity contribution in [2.45, 2.75) is 27.7 Å². The van der Waals surface area contributed by atoms with Crippen molar-refractivity contribution in [2.24, 2.45) is 10.2 Å². The smallest absolute Gasteiger partial charge is 0.230 e. The van der Waals surface area contributed by atoms with Crippen molar-refractivity contribution in [1.29, 1.82) is 0 Å². The Morgan fingerprint density at radius 1 is 1.14 bits per heavy atom. The van der Waals surface area contributed by atoms with Gasteiger partial charge in [-0.3, -0.25) is 0 Å². The van der Waals surface area contributed by atoms with E-state index >= 15 is 0 Å². The summed E-state index contributed by atoms with van der Waals surface area (Å²) in [5, 5.41) is 9.21. The lowest BCUT2D eigenvalue weighted by molar-refractivity contribution is 0.866. The van der Waals surface area contributed by atoms with E-state index in [9.17, 15) is 0 Å². The summed E-state index contributed by atoms with van der Waals surface area (Å²) in [5.41, 5.74) is 3.05. The van der Waals surface area contributed by atoms with Gasteiger partial charge in [0.15, 0.2) is 0 Å². The third-order valence-electron chi connectivity index (χ3n) is 3.37. The van der Waals surface area contributed by atoms with Crippen LogP contribution in [0.4, 0.5) is 16.5 Å². The highest BCUT2D eigenvalue weighted by Gasteiger charge is 2.04. The van der Waals surface area contributed by atoms with Crippen molar-refractivity contribution in [3.05, 3.63) is 40.9 Å². The number of hydrogen-bond donors (Lipinski definition) is 0. The van der Waals surface area contributed by atoms with Crippen molar-refractivity contribution in [2.75, 3.05) is 18.0 Å². The quantitative estimate of drug-likeness (QED) is 0.637. The highest BCUT2D eigenvalue weighted by Crippen LogP contribution is 2.28. The summed E-state index contributed by atoms with van der Waals surface area (Å²) in [7, 11) is 0. The van der Waals surface area contributed by atoms with Gasteiger partial charge in [0.2, 0.25) is 5.13 Å². The van der Waals surface area contributed by atoms with Crippen LogP contribution in [0.2, 0.25) is 0 Å². The Morgan fingerprint density at radius 3 is 2.41 bits per heavy atom. The van der Waals surface area contributed by atoms with E-state index in [0.717, 1.165) is 29.3 Å². The maximum absolute atomic E-state index is 4.42. The molecule has 0 radical (unpaired) electrons. The molecule has 0 aliphatic heterocycles. The van der Waals surface area contributed by atoms with Gasteiger partial charge in [-0.25, -0.2) is 4.98 Å². The topological polar surface area (TPSA) is 40.9 Å². The molecule has 4 nitrogen and oxygen atoms in total. The fraction of sp³-hybridized carbons (Fsp3) is 0.353. The van der Waals surface area contributed by atoms with Crippen molar-refractivity contribution >= 4 is 33.9 Å². The second-order valence-electron chi connectivity index (χ2n) is 4.83. The first kappa shape index (κ1) is 16.4. The van der Waals surface area contributed by atoms with Crippen LogP contribution in [0.25, 0.3) is 6.08 Å². The van der Waals surface area contributed by atoms with Gasteiger partial charge in [-0.1, -0.05) is 17.4 Å². The van der Waals surface area contributed by atoms with Crippen molar-refractivity contribution in [3.63, 3.8) is 0 Å². The molecule has 22 heavy (non-hydrogen) atoms. The Hall–Kier alpha value is -2.01. The predicted molar refractivity (Wildman–Crippen MR) is 95.7 cm³/mol. The maximum Gasteiger partial charge on any atom is 0.230 e. The van der Waals surface area contributed by atoms with Crippen LogP contribution in [0.3, 0.4) is 0 Å². The monoisotopic (exact) mass is 314 g/mol. The fourth-order valence-corrected chi connectivity index (χ4v) is 3.02. The van der Waals surface area contributed by atoms with E-state index in [-0.39, 0.29) is 0 Å². The number of benzene rings is 1. The Balaban J connectivity index is 2.11. The first-order valence-corrected chi connectivity index (χ1v) is 8.36. The lowest BCUT2D eigenvalue weighted by Gasteiger charge is -2.20. The van der Waals surface area contributed by atoms with Crippen LogP contribution in [-0.4, -0.2) is 18.1 Å². The molecule has 1 heterocycles. The number of azo groups is 1. The Morgan fingerprint density at radius 2 is 1.82 bits per heavy atom. The summed E-state index contributed by atoms with van der Waals surface area (Å²) in [6.45, 7) is 10.3. The molecule has 2 aromatic rings. The molecule has 0 atom stereocenters. The van der Waals surface area contributed by atoms with E-state index in [4.69, 9.17) is 0 Å². The summed E-state index contributed by atoms with van der Waals surface area (Å²) in [6, 6.07) is 8.15. The van der Waals surface area contributed by atoms with Gasteiger partial charge in [-0.05, 0) is 58.0 Å². The average molecular weight is 314 g/mol. The first-order chi connectivity index (χ1) is 10.7. The molecule has 1 aromatic carbocycles. The highest BCUT2D eigenvalue weighted by molar-refractivity contribution is 7.16. The Bertz CT molecular complexity index is 652. The molecule has 0 amide bonds. The number of thiazole rings is 1. The van der Waals surface area contributed by atoms with E-state index < -0.39 is 0 Å². The lowest BCUT2D eigenvalue weighted by Crippen LogP contribution is -2.21. The van der Waals surface area contributed by atoms with E-state index in [1.165, 1.54) is 5.69 Å². The zero-order valence-electron chi connectivity index (χ0n) is 13.6. The molecule has 0 unspecified atom stereocenters. The Kier molecular flexibility index (Phi) is 5.83. The van der Waals surface area contributed by atoms with E-state index in [2.05, 4.69) is 46.1 Å². The number of rotatable bonds is 6. The van der Waals surface area contributed by atoms with E-state index in [0.29, 0.717) is 5.13 Å². The molecule has 1 aromatic heterocycles. The minimum Gasteiger partial charge on any atom is -0.372 e. The molecular formula is C17H22N4S. The number of anilines is 1. The van der Waals surface area contributed by atoms with Gasteiger partial charge in [0, 0.05) is 18.8 Å². The minimum atomic E-state index is 0.693. The van der Waals surface area contributed by atoms with Gasteiger partial charge >= 0.3 is 0 Å². The highest BCUT2D eigenvalue weighted by atomic mass is 32.1. The number of aryl methyl sites for hydroxylation is 1. The van der Waals surface area contributed by atoms with Crippen LogP contribution in [0, 0.1) is 6.92 Å². The molecule has 2 rings (SSSR count). The largest absolute Gasteiger partial charge is 0.372 e. The van der Waals surface area contributed by atoms with Gasteiger partial charge in [0.1, 0.15) is 0 Å².